The minimum absolute atomic E-state index is 0.220. The lowest BCUT2D eigenvalue weighted by molar-refractivity contribution is 0.391. The van der Waals surface area contributed by atoms with Crippen molar-refractivity contribution in [3.63, 3.8) is 0 Å². The summed E-state index contributed by atoms with van der Waals surface area (Å²) in [5.41, 5.74) is 1.31. The van der Waals surface area contributed by atoms with E-state index < -0.39 is 0 Å². The Morgan fingerprint density at radius 2 is 1.75 bits per heavy atom. The predicted molar refractivity (Wildman–Crippen MR) is 60.4 cm³/mol. The molecule has 0 unspecified atom stereocenters. The lowest BCUT2D eigenvalue weighted by Crippen LogP contribution is -1.85. The van der Waals surface area contributed by atoms with Crippen LogP contribution in [0.5, 0.6) is 11.6 Å². The van der Waals surface area contributed by atoms with Gasteiger partial charge in [0, 0.05) is 17.0 Å². The maximum absolute atomic E-state index is 9.39. The summed E-state index contributed by atoms with van der Waals surface area (Å²) < 4.78 is 0. The summed E-state index contributed by atoms with van der Waals surface area (Å²) in [6.07, 6.45) is 1.67. The lowest BCUT2D eigenvalue weighted by Gasteiger charge is -2.03. The van der Waals surface area contributed by atoms with Gasteiger partial charge in [0.15, 0.2) is 5.75 Å². The van der Waals surface area contributed by atoms with Crippen molar-refractivity contribution in [1.82, 2.24) is 9.97 Å². The summed E-state index contributed by atoms with van der Waals surface area (Å²) >= 11 is 0. The quantitative estimate of drug-likeness (QED) is 0.560. The molecule has 0 amide bonds. The highest BCUT2D eigenvalue weighted by Gasteiger charge is 2.07. The highest BCUT2D eigenvalue weighted by molar-refractivity contribution is 6.03. The van der Waals surface area contributed by atoms with Crippen LogP contribution in [0.25, 0.3) is 21.8 Å². The predicted octanol–water partition coefficient (Wildman–Crippen LogP) is 2.19. The van der Waals surface area contributed by atoms with Crippen LogP contribution in [0.4, 0.5) is 0 Å². The Bertz CT molecular complexity index is 695. The van der Waals surface area contributed by atoms with Crippen LogP contribution in [0, 0.1) is 0 Å². The first-order valence-corrected chi connectivity index (χ1v) is 4.82. The number of rotatable bonds is 0. The maximum atomic E-state index is 9.39. The van der Waals surface area contributed by atoms with E-state index in [0.29, 0.717) is 5.52 Å². The number of aromatic hydroxyl groups is 2. The molecule has 3 aromatic rings. The van der Waals surface area contributed by atoms with E-state index in [1.54, 1.807) is 6.20 Å². The van der Waals surface area contributed by atoms with Gasteiger partial charge < -0.3 is 10.2 Å². The summed E-state index contributed by atoms with van der Waals surface area (Å²) in [5, 5.41) is 20.4. The zero-order chi connectivity index (χ0) is 11.1. The number of hydrogen-bond acceptors (Lipinski definition) is 4. The van der Waals surface area contributed by atoms with Gasteiger partial charge in [0.05, 0.1) is 5.52 Å². The van der Waals surface area contributed by atoms with E-state index >= 15 is 0 Å². The molecule has 1 aromatic carbocycles. The van der Waals surface area contributed by atoms with Gasteiger partial charge in [0.1, 0.15) is 5.52 Å². The van der Waals surface area contributed by atoms with E-state index in [9.17, 15) is 10.2 Å². The van der Waals surface area contributed by atoms with Crippen molar-refractivity contribution in [2.45, 2.75) is 0 Å². The molecule has 16 heavy (non-hydrogen) atoms. The smallest absolute Gasteiger partial charge is 0.254 e. The fourth-order valence-electron chi connectivity index (χ4n) is 1.75. The lowest BCUT2D eigenvalue weighted by atomic mass is 10.1. The summed E-state index contributed by atoms with van der Waals surface area (Å²) in [6.45, 7) is 0. The second kappa shape index (κ2) is 3.06. The van der Waals surface area contributed by atoms with Crippen LogP contribution < -0.4 is 0 Å². The van der Waals surface area contributed by atoms with Crippen LogP contribution in [0.15, 0.2) is 36.5 Å². The molecule has 0 saturated heterocycles. The third-order valence-corrected chi connectivity index (χ3v) is 2.52. The van der Waals surface area contributed by atoms with Gasteiger partial charge in [-0.3, -0.25) is 4.98 Å². The molecule has 4 nitrogen and oxygen atoms in total. The molecule has 4 heteroatoms. The van der Waals surface area contributed by atoms with Crippen molar-refractivity contribution in [3.8, 4) is 11.6 Å². The molecule has 0 aliphatic carbocycles. The Kier molecular flexibility index (Phi) is 1.71. The Hall–Kier alpha value is -2.36. The van der Waals surface area contributed by atoms with Gasteiger partial charge in [0.25, 0.3) is 5.88 Å². The van der Waals surface area contributed by atoms with Crippen molar-refractivity contribution >= 4 is 21.8 Å². The zero-order valence-electron chi connectivity index (χ0n) is 8.25. The monoisotopic (exact) mass is 212 g/mol. The Morgan fingerprint density at radius 1 is 0.938 bits per heavy atom. The van der Waals surface area contributed by atoms with Gasteiger partial charge in [-0.25, -0.2) is 4.98 Å². The highest BCUT2D eigenvalue weighted by atomic mass is 16.3. The summed E-state index contributed by atoms with van der Waals surface area (Å²) in [6, 6.07) is 8.99. The number of pyridine rings is 2. The van der Waals surface area contributed by atoms with Gasteiger partial charge >= 0.3 is 0 Å². The van der Waals surface area contributed by atoms with Crippen molar-refractivity contribution in [3.05, 3.63) is 36.5 Å². The first-order valence-electron chi connectivity index (χ1n) is 4.82. The highest BCUT2D eigenvalue weighted by Crippen LogP contribution is 2.29. The van der Waals surface area contributed by atoms with Gasteiger partial charge in [-0.1, -0.05) is 18.2 Å². The molecular weight excluding hydrogens is 204 g/mol. The Morgan fingerprint density at radius 3 is 2.62 bits per heavy atom. The van der Waals surface area contributed by atoms with Crippen LogP contribution in [-0.2, 0) is 0 Å². The minimum Gasteiger partial charge on any atom is -0.503 e. The van der Waals surface area contributed by atoms with Crippen molar-refractivity contribution < 1.29 is 10.2 Å². The van der Waals surface area contributed by atoms with Gasteiger partial charge in [-0.2, -0.15) is 0 Å². The number of nitrogens with zero attached hydrogens (tertiary/aromatic N) is 2. The first kappa shape index (κ1) is 8.91. The van der Waals surface area contributed by atoms with E-state index in [0.717, 1.165) is 16.3 Å². The molecule has 0 radical (unpaired) electrons. The zero-order valence-corrected chi connectivity index (χ0v) is 8.25. The standard InChI is InChI=1S/C12H8N2O2/c15-9-6-8-4-3-7-2-1-5-13-10(7)11(8)14-12(9)16/h1-6,15H,(H,14,16). The van der Waals surface area contributed by atoms with Crippen molar-refractivity contribution in [2.24, 2.45) is 0 Å². The van der Waals surface area contributed by atoms with Crippen LogP contribution in [0.3, 0.4) is 0 Å². The van der Waals surface area contributed by atoms with E-state index in [1.807, 2.05) is 24.3 Å². The third-order valence-electron chi connectivity index (χ3n) is 2.52. The second-order valence-electron chi connectivity index (χ2n) is 3.54. The van der Waals surface area contributed by atoms with Gasteiger partial charge in [-0.05, 0) is 12.1 Å². The molecule has 0 fully saturated rings. The molecule has 2 aromatic heterocycles. The van der Waals surface area contributed by atoms with Crippen molar-refractivity contribution in [1.29, 1.82) is 0 Å². The fourth-order valence-corrected chi connectivity index (χ4v) is 1.75. The molecule has 0 spiro atoms. The molecule has 0 saturated carbocycles. The average Bonchev–Trinajstić information content (AvgIpc) is 2.31. The summed E-state index contributed by atoms with van der Waals surface area (Å²) in [5.74, 6) is -0.589. The SMILES string of the molecule is Oc1cc2ccc3cccnc3c2nc1O. The number of fused-ring (bicyclic) bond motifs is 3. The topological polar surface area (TPSA) is 66.2 Å². The fraction of sp³-hybridized carbons (Fsp3) is 0. The van der Waals surface area contributed by atoms with Crippen LogP contribution in [-0.4, -0.2) is 20.2 Å². The van der Waals surface area contributed by atoms with E-state index in [1.165, 1.54) is 6.07 Å². The first-order chi connectivity index (χ1) is 7.75. The molecule has 0 bridgehead atoms. The Labute approximate surface area is 90.8 Å². The maximum Gasteiger partial charge on any atom is 0.254 e. The second-order valence-corrected chi connectivity index (χ2v) is 3.54. The molecule has 2 heterocycles. The Balaban J connectivity index is 2.55. The largest absolute Gasteiger partial charge is 0.503 e. The summed E-state index contributed by atoms with van der Waals surface area (Å²) in [7, 11) is 0. The van der Waals surface area contributed by atoms with Crippen LogP contribution in [0.2, 0.25) is 0 Å². The molecule has 0 aliphatic heterocycles. The number of hydrogen-bond donors (Lipinski definition) is 2. The molecular formula is C12H8N2O2. The summed E-state index contributed by atoms with van der Waals surface area (Å²) in [4.78, 5) is 8.17. The number of aromatic nitrogens is 2. The molecule has 78 valence electrons. The molecule has 2 N–H and O–H groups in total. The third kappa shape index (κ3) is 1.16. The normalized spacial score (nSPS) is 11.0. The van der Waals surface area contributed by atoms with Crippen LogP contribution >= 0.6 is 0 Å². The molecule has 0 atom stereocenters. The van der Waals surface area contributed by atoms with Crippen LogP contribution in [0.1, 0.15) is 0 Å². The van der Waals surface area contributed by atoms with E-state index in [4.69, 9.17) is 0 Å². The number of benzene rings is 1. The van der Waals surface area contributed by atoms with Gasteiger partial charge in [0.2, 0.25) is 0 Å². The molecule has 0 aliphatic rings. The van der Waals surface area contributed by atoms with E-state index in [2.05, 4.69) is 9.97 Å². The molecule has 3 rings (SSSR count). The average molecular weight is 212 g/mol. The van der Waals surface area contributed by atoms with Crippen molar-refractivity contribution in [2.75, 3.05) is 0 Å². The minimum atomic E-state index is -0.370. The van der Waals surface area contributed by atoms with Gasteiger partial charge in [-0.15, -0.1) is 0 Å². The van der Waals surface area contributed by atoms with E-state index in [-0.39, 0.29) is 11.6 Å².